The molecule has 2 aromatic rings. The van der Waals surface area contributed by atoms with E-state index in [-0.39, 0.29) is 24.2 Å². The smallest absolute Gasteiger partial charge is 0.408 e. The Kier molecular flexibility index (Phi) is 8.15. The van der Waals surface area contributed by atoms with Crippen LogP contribution in [0.1, 0.15) is 45.9 Å². The summed E-state index contributed by atoms with van der Waals surface area (Å²) < 4.78 is 52.3. The number of nitrogens with one attached hydrogen (secondary N) is 1. The molecule has 0 fully saturated rings. The molecule has 0 saturated carbocycles. The Morgan fingerprint density at radius 1 is 1.34 bits per heavy atom. The molecule has 1 aliphatic rings. The van der Waals surface area contributed by atoms with Crippen molar-refractivity contribution >= 4 is 33.4 Å². The molecule has 0 radical (unpaired) electrons. The summed E-state index contributed by atoms with van der Waals surface area (Å²) in [5, 5.41) is 14.2. The van der Waals surface area contributed by atoms with Crippen LogP contribution in [0.2, 0.25) is 0 Å². The zero-order chi connectivity index (χ0) is 28.4. The number of pyridine rings is 1. The highest BCUT2D eigenvalue weighted by atomic mass is 32.2. The van der Waals surface area contributed by atoms with Gasteiger partial charge in [-0.2, -0.15) is 0 Å². The number of hydrogen-bond acceptors (Lipinski definition) is 9. The number of hydrogen-bond donors (Lipinski definition) is 3. The van der Waals surface area contributed by atoms with Crippen LogP contribution in [0.25, 0.3) is 0 Å². The molecule has 0 spiro atoms. The molecule has 1 aliphatic heterocycles. The minimum absolute atomic E-state index is 0.183. The van der Waals surface area contributed by atoms with Gasteiger partial charge in [0.25, 0.3) is 5.91 Å². The number of nitrogens with zero attached hydrogens (tertiary/aromatic N) is 3. The van der Waals surface area contributed by atoms with E-state index in [2.05, 4.69) is 15.5 Å². The van der Waals surface area contributed by atoms with Crippen molar-refractivity contribution in [2.24, 2.45) is 10.9 Å². The lowest BCUT2D eigenvalue weighted by Crippen LogP contribution is -2.51. The van der Waals surface area contributed by atoms with Crippen LogP contribution < -0.4 is 20.7 Å². The molecule has 3 rings (SSSR count). The van der Waals surface area contributed by atoms with Gasteiger partial charge in [0, 0.05) is 6.07 Å². The zero-order valence-electron chi connectivity index (χ0n) is 21.6. The SMILES string of the molecule is CC(C)Oc1cccc(CN2C(=O)[C@@H](NC(=O)OC(C)(C)C)CS(=O)(=O)c3cc(F)c(/C(N)=N/O)cc32)n1. The maximum absolute atomic E-state index is 14.9. The van der Waals surface area contributed by atoms with Gasteiger partial charge in [0.05, 0.1) is 40.2 Å². The van der Waals surface area contributed by atoms with E-state index in [1.54, 1.807) is 39.0 Å². The number of sulfone groups is 1. The lowest BCUT2D eigenvalue weighted by Gasteiger charge is -2.27. The first-order chi connectivity index (χ1) is 17.6. The number of halogens is 1. The molecule has 2 heterocycles. The molecular weight excluding hydrogens is 521 g/mol. The van der Waals surface area contributed by atoms with E-state index in [9.17, 15) is 22.4 Å². The Hall–Kier alpha value is -3.94. The van der Waals surface area contributed by atoms with E-state index in [4.69, 9.17) is 20.4 Å². The largest absolute Gasteiger partial charge is 0.475 e. The molecule has 1 aromatic carbocycles. The Bertz CT molecular complexity index is 1370. The first kappa shape index (κ1) is 28.6. The minimum atomic E-state index is -4.33. The van der Waals surface area contributed by atoms with Crippen molar-refractivity contribution in [3.63, 3.8) is 0 Å². The van der Waals surface area contributed by atoms with Gasteiger partial charge in [0.15, 0.2) is 15.7 Å². The highest BCUT2D eigenvalue weighted by Crippen LogP contribution is 2.34. The summed E-state index contributed by atoms with van der Waals surface area (Å²) in [6.45, 7) is 8.17. The Morgan fingerprint density at radius 3 is 2.63 bits per heavy atom. The van der Waals surface area contributed by atoms with Crippen molar-refractivity contribution in [2.45, 2.75) is 63.8 Å². The number of anilines is 1. The predicted molar refractivity (Wildman–Crippen MR) is 135 cm³/mol. The Morgan fingerprint density at radius 2 is 2.03 bits per heavy atom. The van der Waals surface area contributed by atoms with E-state index in [0.717, 1.165) is 11.0 Å². The van der Waals surface area contributed by atoms with Gasteiger partial charge in [-0.25, -0.2) is 22.6 Å². The van der Waals surface area contributed by atoms with Gasteiger partial charge < -0.3 is 30.6 Å². The fraction of sp³-hybridized carbons (Fsp3) is 0.417. The number of oxime groups is 1. The van der Waals surface area contributed by atoms with Crippen molar-refractivity contribution in [3.8, 4) is 5.88 Å². The lowest BCUT2D eigenvalue weighted by atomic mass is 10.1. The monoisotopic (exact) mass is 551 g/mol. The summed E-state index contributed by atoms with van der Waals surface area (Å²) in [4.78, 5) is 31.1. The third-order valence-electron chi connectivity index (χ3n) is 5.16. The average Bonchev–Trinajstić information content (AvgIpc) is 2.85. The molecule has 4 N–H and O–H groups in total. The van der Waals surface area contributed by atoms with Gasteiger partial charge in [-0.1, -0.05) is 11.2 Å². The van der Waals surface area contributed by atoms with E-state index in [1.165, 1.54) is 0 Å². The number of fused-ring (bicyclic) bond motifs is 1. The van der Waals surface area contributed by atoms with Crippen LogP contribution in [0.5, 0.6) is 5.88 Å². The standard InChI is InChI=1S/C24H30FN5O7S/c1-13(2)36-20-8-6-7-14(27-20)11-30-18-9-15(21(26)29-33)16(25)10-19(18)38(34,35)12-17(22(30)31)28-23(32)37-24(3,4)5/h6-10,13,17,33H,11-12H2,1-5H3,(H2,26,29)(H,28,32)/t17-/m0/s1. The Labute approximate surface area is 219 Å². The summed E-state index contributed by atoms with van der Waals surface area (Å²) in [7, 11) is -4.33. The molecule has 0 saturated heterocycles. The number of carbonyl (C=O) groups excluding carboxylic acids is 2. The molecular formula is C24H30FN5O7S. The Balaban J connectivity index is 2.15. The molecule has 14 heteroatoms. The first-order valence-corrected chi connectivity index (χ1v) is 13.2. The topological polar surface area (TPSA) is 174 Å². The van der Waals surface area contributed by atoms with Crippen LogP contribution in [-0.4, -0.2) is 59.9 Å². The van der Waals surface area contributed by atoms with Gasteiger partial charge in [-0.15, -0.1) is 0 Å². The third-order valence-corrected chi connectivity index (χ3v) is 6.93. The summed E-state index contributed by atoms with van der Waals surface area (Å²) in [6, 6.07) is 4.96. The first-order valence-electron chi connectivity index (χ1n) is 11.6. The number of ether oxygens (including phenoxy) is 2. The second-order valence-electron chi connectivity index (χ2n) is 9.82. The number of rotatable bonds is 6. The second-order valence-corrected chi connectivity index (χ2v) is 11.8. The normalized spacial score (nSPS) is 17.6. The molecule has 206 valence electrons. The summed E-state index contributed by atoms with van der Waals surface area (Å²) in [5.41, 5.74) is 4.32. The van der Waals surface area contributed by atoms with E-state index < -0.39 is 61.3 Å². The van der Waals surface area contributed by atoms with Crippen LogP contribution in [-0.2, 0) is 25.9 Å². The predicted octanol–water partition coefficient (Wildman–Crippen LogP) is 2.32. The molecule has 38 heavy (non-hydrogen) atoms. The van der Waals surface area contributed by atoms with Gasteiger partial charge >= 0.3 is 6.09 Å². The maximum atomic E-state index is 14.9. The number of benzene rings is 1. The quantitative estimate of drug-likeness (QED) is 0.211. The molecule has 1 atom stereocenters. The van der Waals surface area contributed by atoms with Gasteiger partial charge in [0.2, 0.25) is 5.88 Å². The highest BCUT2D eigenvalue weighted by molar-refractivity contribution is 7.91. The van der Waals surface area contributed by atoms with Crippen molar-refractivity contribution in [2.75, 3.05) is 10.7 Å². The van der Waals surface area contributed by atoms with Crippen LogP contribution in [0.3, 0.4) is 0 Å². The average molecular weight is 552 g/mol. The fourth-order valence-electron chi connectivity index (χ4n) is 3.67. The van der Waals surface area contributed by atoms with Gasteiger partial charge in [-0.05, 0) is 52.8 Å². The fourth-order valence-corrected chi connectivity index (χ4v) is 5.29. The second kappa shape index (κ2) is 10.8. The van der Waals surface area contributed by atoms with Crippen LogP contribution >= 0.6 is 0 Å². The summed E-state index contributed by atoms with van der Waals surface area (Å²) >= 11 is 0. The number of alkyl carbamates (subject to hydrolysis) is 1. The van der Waals surface area contributed by atoms with Crippen molar-refractivity contribution in [3.05, 3.63) is 47.4 Å². The lowest BCUT2D eigenvalue weighted by molar-refractivity contribution is -0.120. The van der Waals surface area contributed by atoms with Crippen molar-refractivity contribution in [1.82, 2.24) is 10.3 Å². The number of aromatic nitrogens is 1. The molecule has 12 nitrogen and oxygen atoms in total. The highest BCUT2D eigenvalue weighted by Gasteiger charge is 2.40. The molecule has 2 amide bonds. The zero-order valence-corrected chi connectivity index (χ0v) is 22.4. The van der Waals surface area contributed by atoms with Gasteiger partial charge in [0.1, 0.15) is 17.5 Å². The number of carbonyl (C=O) groups is 2. The summed E-state index contributed by atoms with van der Waals surface area (Å²) in [6.07, 6.45) is -1.19. The number of nitrogens with two attached hydrogens (primary N) is 1. The van der Waals surface area contributed by atoms with Crippen LogP contribution in [0, 0.1) is 5.82 Å². The van der Waals surface area contributed by atoms with Crippen LogP contribution in [0.15, 0.2) is 40.4 Å². The van der Waals surface area contributed by atoms with Crippen molar-refractivity contribution < 1.29 is 37.1 Å². The number of amides is 2. The van der Waals surface area contributed by atoms with Crippen molar-refractivity contribution in [1.29, 1.82) is 0 Å². The molecule has 0 unspecified atom stereocenters. The molecule has 0 bridgehead atoms. The number of amidine groups is 1. The van der Waals surface area contributed by atoms with E-state index in [0.29, 0.717) is 11.8 Å². The minimum Gasteiger partial charge on any atom is -0.475 e. The van der Waals surface area contributed by atoms with E-state index in [1.807, 2.05) is 13.8 Å². The van der Waals surface area contributed by atoms with E-state index >= 15 is 0 Å². The summed E-state index contributed by atoms with van der Waals surface area (Å²) in [5.74, 6) is -3.13. The van der Waals surface area contributed by atoms with Crippen LogP contribution in [0.4, 0.5) is 14.9 Å². The molecule has 1 aromatic heterocycles. The van der Waals surface area contributed by atoms with Gasteiger partial charge in [-0.3, -0.25) is 4.79 Å². The third kappa shape index (κ3) is 6.68. The molecule has 0 aliphatic carbocycles. The maximum Gasteiger partial charge on any atom is 0.408 e.